The Labute approximate surface area is 184 Å². The van der Waals surface area contributed by atoms with Crippen molar-refractivity contribution in [3.63, 3.8) is 0 Å². The maximum Gasteiger partial charge on any atom is 0.252 e. The number of pyridine rings is 1. The Balaban J connectivity index is 1.43. The standard InChI is InChI=1S/C26H23N3O3/c1-26(2,25(32)29-14-13-16-7-3-6-10-22(16)29)28-24(31)17-11-12-19-21(15-17)27-20-9-5-4-8-18(20)23(19)30/h3-12,15H,13-14H2,1-2H3,(H,27,30)(H,28,31). The number of H-pyrrole nitrogens is 1. The lowest BCUT2D eigenvalue weighted by Gasteiger charge is -2.30. The third kappa shape index (κ3) is 3.24. The molecule has 0 bridgehead atoms. The van der Waals surface area contributed by atoms with Gasteiger partial charge in [-0.2, -0.15) is 0 Å². The van der Waals surface area contributed by atoms with Crippen molar-refractivity contribution in [1.82, 2.24) is 10.3 Å². The average molecular weight is 425 g/mol. The van der Waals surface area contributed by atoms with E-state index >= 15 is 0 Å². The Morgan fingerprint density at radius 1 is 0.938 bits per heavy atom. The number of aromatic amines is 1. The van der Waals surface area contributed by atoms with Crippen molar-refractivity contribution in [2.75, 3.05) is 11.4 Å². The molecule has 3 aromatic carbocycles. The fourth-order valence-corrected chi connectivity index (χ4v) is 4.36. The molecule has 2 amide bonds. The number of fused-ring (bicyclic) bond motifs is 3. The molecule has 6 heteroatoms. The van der Waals surface area contributed by atoms with E-state index in [1.165, 1.54) is 0 Å². The highest BCUT2D eigenvalue weighted by Gasteiger charge is 2.37. The van der Waals surface area contributed by atoms with E-state index < -0.39 is 5.54 Å². The molecule has 0 atom stereocenters. The number of para-hydroxylation sites is 2. The molecule has 4 aromatic rings. The zero-order valence-corrected chi connectivity index (χ0v) is 17.9. The maximum atomic E-state index is 13.3. The van der Waals surface area contributed by atoms with Crippen LogP contribution >= 0.6 is 0 Å². The van der Waals surface area contributed by atoms with Gasteiger partial charge in [0.05, 0.1) is 5.52 Å². The normalized spacial score (nSPS) is 13.4. The van der Waals surface area contributed by atoms with Crippen molar-refractivity contribution in [2.45, 2.75) is 25.8 Å². The summed E-state index contributed by atoms with van der Waals surface area (Å²) >= 11 is 0. The summed E-state index contributed by atoms with van der Waals surface area (Å²) in [7, 11) is 0. The van der Waals surface area contributed by atoms with Gasteiger partial charge in [0, 0.05) is 34.1 Å². The van der Waals surface area contributed by atoms with Crippen LogP contribution in [0.4, 0.5) is 5.69 Å². The SMILES string of the molecule is CC(C)(NC(=O)c1ccc2c(=O)c3ccccc3[nH]c2c1)C(=O)N1CCc2ccccc21. The highest BCUT2D eigenvalue weighted by molar-refractivity contribution is 6.06. The van der Waals surface area contributed by atoms with Crippen molar-refractivity contribution in [1.29, 1.82) is 0 Å². The van der Waals surface area contributed by atoms with Crippen LogP contribution in [0.2, 0.25) is 0 Å². The Bertz CT molecular complexity index is 1450. The van der Waals surface area contributed by atoms with Crippen molar-refractivity contribution in [2.24, 2.45) is 0 Å². The molecule has 1 aliphatic heterocycles. The minimum Gasteiger partial charge on any atom is -0.354 e. The van der Waals surface area contributed by atoms with Crippen LogP contribution < -0.4 is 15.6 Å². The number of aromatic nitrogens is 1. The monoisotopic (exact) mass is 425 g/mol. The highest BCUT2D eigenvalue weighted by atomic mass is 16.2. The lowest BCUT2D eigenvalue weighted by atomic mass is 10.0. The smallest absolute Gasteiger partial charge is 0.252 e. The van der Waals surface area contributed by atoms with E-state index in [-0.39, 0.29) is 17.2 Å². The van der Waals surface area contributed by atoms with Crippen molar-refractivity contribution < 1.29 is 9.59 Å². The summed E-state index contributed by atoms with van der Waals surface area (Å²) < 4.78 is 0. The second-order valence-electron chi connectivity index (χ2n) is 8.67. The number of benzene rings is 3. The molecule has 32 heavy (non-hydrogen) atoms. The Morgan fingerprint density at radius 3 is 2.50 bits per heavy atom. The predicted octanol–water partition coefficient (Wildman–Crippen LogP) is 3.78. The van der Waals surface area contributed by atoms with Gasteiger partial charge in [0.1, 0.15) is 5.54 Å². The van der Waals surface area contributed by atoms with Crippen molar-refractivity contribution >= 4 is 39.3 Å². The third-order valence-corrected chi connectivity index (χ3v) is 6.06. The summed E-state index contributed by atoms with van der Waals surface area (Å²) in [5.41, 5.74) is 2.53. The molecule has 2 N–H and O–H groups in total. The first-order valence-corrected chi connectivity index (χ1v) is 10.6. The lowest BCUT2D eigenvalue weighted by Crippen LogP contribution is -2.55. The van der Waals surface area contributed by atoms with Gasteiger partial charge in [-0.1, -0.05) is 30.3 Å². The van der Waals surface area contributed by atoms with Gasteiger partial charge in [-0.25, -0.2) is 0 Å². The predicted molar refractivity (Wildman–Crippen MR) is 126 cm³/mol. The molecule has 0 aliphatic carbocycles. The van der Waals surface area contributed by atoms with Crippen molar-refractivity contribution in [3.8, 4) is 0 Å². The molecule has 1 aromatic heterocycles. The van der Waals surface area contributed by atoms with Crippen LogP contribution in [0, 0.1) is 0 Å². The number of hydrogen-bond donors (Lipinski definition) is 2. The van der Waals surface area contributed by atoms with E-state index in [0.717, 1.165) is 17.7 Å². The van der Waals surface area contributed by atoms with E-state index in [1.54, 1.807) is 43.0 Å². The molecule has 0 spiro atoms. The Hall–Kier alpha value is -3.93. The van der Waals surface area contributed by atoms with Gasteiger partial charge in [-0.15, -0.1) is 0 Å². The topological polar surface area (TPSA) is 82.3 Å². The zero-order valence-electron chi connectivity index (χ0n) is 17.9. The van der Waals surface area contributed by atoms with E-state index in [9.17, 15) is 14.4 Å². The number of carbonyl (C=O) groups excluding carboxylic acids is 2. The maximum absolute atomic E-state index is 13.3. The van der Waals surface area contributed by atoms with Crippen LogP contribution in [-0.4, -0.2) is 28.9 Å². The number of amides is 2. The summed E-state index contributed by atoms with van der Waals surface area (Å²) in [5.74, 6) is -0.525. The van der Waals surface area contributed by atoms with Gasteiger partial charge in [0.25, 0.3) is 11.8 Å². The Kier molecular flexibility index (Phi) is 4.59. The largest absolute Gasteiger partial charge is 0.354 e. The zero-order chi connectivity index (χ0) is 22.5. The van der Waals surface area contributed by atoms with Crippen LogP contribution in [0.5, 0.6) is 0 Å². The molecule has 5 rings (SSSR count). The second-order valence-corrected chi connectivity index (χ2v) is 8.67. The molecule has 1 aliphatic rings. The fourth-order valence-electron chi connectivity index (χ4n) is 4.36. The first kappa shape index (κ1) is 20.0. The summed E-state index contributed by atoms with van der Waals surface area (Å²) in [4.78, 5) is 44.0. The van der Waals surface area contributed by atoms with E-state index in [4.69, 9.17) is 0 Å². The molecule has 0 saturated carbocycles. The summed E-state index contributed by atoms with van der Waals surface area (Å²) in [5, 5.41) is 4.00. The molecule has 0 radical (unpaired) electrons. The molecule has 160 valence electrons. The van der Waals surface area contributed by atoms with Crippen LogP contribution in [0.25, 0.3) is 21.8 Å². The molecule has 6 nitrogen and oxygen atoms in total. The molecule has 2 heterocycles. The number of rotatable bonds is 3. The minimum atomic E-state index is -1.10. The molecule has 0 unspecified atom stereocenters. The highest BCUT2D eigenvalue weighted by Crippen LogP contribution is 2.29. The van der Waals surface area contributed by atoms with Crippen LogP contribution in [-0.2, 0) is 11.2 Å². The average Bonchev–Trinajstić information content (AvgIpc) is 3.22. The van der Waals surface area contributed by atoms with Gasteiger partial charge in [-0.05, 0) is 62.2 Å². The number of anilines is 1. The summed E-state index contributed by atoms with van der Waals surface area (Å²) in [6.45, 7) is 4.02. The van der Waals surface area contributed by atoms with E-state index in [0.29, 0.717) is 33.9 Å². The van der Waals surface area contributed by atoms with Gasteiger partial charge >= 0.3 is 0 Å². The minimum absolute atomic E-state index is 0.0792. The quantitative estimate of drug-likeness (QED) is 0.490. The fraction of sp³-hybridized carbons (Fsp3) is 0.192. The third-order valence-electron chi connectivity index (χ3n) is 6.06. The van der Waals surface area contributed by atoms with Gasteiger partial charge < -0.3 is 15.2 Å². The molecule has 0 saturated heterocycles. The summed E-state index contributed by atoms with van der Waals surface area (Å²) in [6, 6.07) is 20.0. The van der Waals surface area contributed by atoms with Crippen LogP contribution in [0.15, 0.2) is 71.5 Å². The number of hydrogen-bond acceptors (Lipinski definition) is 3. The van der Waals surface area contributed by atoms with E-state index in [2.05, 4.69) is 10.3 Å². The van der Waals surface area contributed by atoms with Crippen molar-refractivity contribution in [3.05, 3.63) is 88.1 Å². The second kappa shape index (κ2) is 7.34. The Morgan fingerprint density at radius 2 is 1.66 bits per heavy atom. The van der Waals surface area contributed by atoms with Crippen LogP contribution in [0.1, 0.15) is 29.8 Å². The lowest BCUT2D eigenvalue weighted by molar-refractivity contribution is -0.123. The van der Waals surface area contributed by atoms with Crippen LogP contribution in [0.3, 0.4) is 0 Å². The van der Waals surface area contributed by atoms with Gasteiger partial charge in [0.2, 0.25) is 0 Å². The molecule has 0 fully saturated rings. The number of nitrogens with zero attached hydrogens (tertiary/aromatic N) is 1. The van der Waals surface area contributed by atoms with E-state index in [1.807, 2.05) is 42.5 Å². The van der Waals surface area contributed by atoms with Gasteiger partial charge in [-0.3, -0.25) is 14.4 Å². The first-order valence-electron chi connectivity index (χ1n) is 10.6. The molecular formula is C26H23N3O3. The molecular weight excluding hydrogens is 402 g/mol. The van der Waals surface area contributed by atoms with Gasteiger partial charge in [0.15, 0.2) is 5.43 Å². The summed E-state index contributed by atoms with van der Waals surface area (Å²) in [6.07, 6.45) is 0.804. The first-order chi connectivity index (χ1) is 15.3. The number of nitrogens with one attached hydrogen (secondary N) is 2. The number of carbonyl (C=O) groups is 2.